The van der Waals surface area contributed by atoms with Crippen LogP contribution in [0, 0.1) is 18.3 Å². The Balaban J connectivity index is 1.78. The lowest BCUT2D eigenvalue weighted by Gasteiger charge is -2.01. The van der Waals surface area contributed by atoms with Gasteiger partial charge in [-0.25, -0.2) is 4.52 Å². The van der Waals surface area contributed by atoms with E-state index in [4.69, 9.17) is 5.26 Å². The first kappa shape index (κ1) is 12.2. The molecule has 0 unspecified atom stereocenters. The molecule has 20 heavy (non-hydrogen) atoms. The van der Waals surface area contributed by atoms with E-state index in [0.29, 0.717) is 18.1 Å². The van der Waals surface area contributed by atoms with E-state index in [0.717, 1.165) is 16.8 Å². The van der Waals surface area contributed by atoms with Crippen LogP contribution in [0.3, 0.4) is 0 Å². The van der Waals surface area contributed by atoms with Crippen LogP contribution in [0.4, 0.5) is 5.95 Å². The summed E-state index contributed by atoms with van der Waals surface area (Å²) in [5.74, 6) is 0.581. The molecule has 0 saturated heterocycles. The van der Waals surface area contributed by atoms with Crippen LogP contribution in [-0.2, 0) is 6.54 Å². The molecular weight excluding hydrogens is 250 g/mol. The van der Waals surface area contributed by atoms with Crippen LogP contribution in [0.2, 0.25) is 0 Å². The van der Waals surface area contributed by atoms with Gasteiger partial charge >= 0.3 is 0 Å². The lowest BCUT2D eigenvalue weighted by molar-refractivity contribution is 0.947. The number of fused-ring (bicyclic) bond motifs is 1. The first-order valence-corrected chi connectivity index (χ1v) is 6.30. The SMILES string of the molecule is Cc1ccn2nc(NCc3cccc(C#N)c3)nc2c1. The van der Waals surface area contributed by atoms with Gasteiger partial charge in [-0.05, 0) is 42.3 Å². The lowest BCUT2D eigenvalue weighted by atomic mass is 10.1. The van der Waals surface area contributed by atoms with Gasteiger partial charge in [-0.2, -0.15) is 10.2 Å². The van der Waals surface area contributed by atoms with Crippen LogP contribution >= 0.6 is 0 Å². The normalized spacial score (nSPS) is 10.4. The number of aryl methyl sites for hydroxylation is 1. The molecule has 3 rings (SSSR count). The highest BCUT2D eigenvalue weighted by Gasteiger charge is 2.03. The fourth-order valence-electron chi connectivity index (χ4n) is 1.99. The number of hydrogen-bond acceptors (Lipinski definition) is 4. The molecule has 0 fully saturated rings. The van der Waals surface area contributed by atoms with Gasteiger partial charge in [-0.15, -0.1) is 5.10 Å². The van der Waals surface area contributed by atoms with Crippen LogP contribution in [-0.4, -0.2) is 14.6 Å². The van der Waals surface area contributed by atoms with Crippen molar-refractivity contribution >= 4 is 11.6 Å². The number of benzene rings is 1. The van der Waals surface area contributed by atoms with Crippen LogP contribution in [0.5, 0.6) is 0 Å². The van der Waals surface area contributed by atoms with Crippen LogP contribution in [0.15, 0.2) is 42.6 Å². The molecule has 0 bridgehead atoms. The molecule has 3 aromatic rings. The van der Waals surface area contributed by atoms with Crippen molar-refractivity contribution in [1.82, 2.24) is 14.6 Å². The third kappa shape index (κ3) is 2.45. The largest absolute Gasteiger partial charge is 0.349 e. The maximum absolute atomic E-state index is 8.87. The maximum atomic E-state index is 8.87. The second kappa shape index (κ2) is 5.02. The van der Waals surface area contributed by atoms with Gasteiger partial charge in [0.1, 0.15) is 0 Å². The fraction of sp³-hybridized carbons (Fsp3) is 0.133. The van der Waals surface area contributed by atoms with Gasteiger partial charge in [0.25, 0.3) is 0 Å². The number of hydrogen-bond donors (Lipinski definition) is 1. The number of nitriles is 1. The summed E-state index contributed by atoms with van der Waals surface area (Å²) in [6.45, 7) is 2.61. The van der Waals surface area contributed by atoms with Crippen LogP contribution in [0.1, 0.15) is 16.7 Å². The van der Waals surface area contributed by atoms with Gasteiger partial charge < -0.3 is 5.32 Å². The summed E-state index contributed by atoms with van der Waals surface area (Å²) in [7, 11) is 0. The molecule has 0 spiro atoms. The van der Waals surface area contributed by atoms with Crippen LogP contribution in [0.25, 0.3) is 5.65 Å². The molecule has 0 aliphatic rings. The Kier molecular flexibility index (Phi) is 3.05. The van der Waals surface area contributed by atoms with Gasteiger partial charge in [0, 0.05) is 12.7 Å². The third-order valence-corrected chi connectivity index (χ3v) is 3.00. The van der Waals surface area contributed by atoms with E-state index < -0.39 is 0 Å². The topological polar surface area (TPSA) is 66.0 Å². The summed E-state index contributed by atoms with van der Waals surface area (Å²) in [6, 6.07) is 13.6. The number of aromatic nitrogens is 3. The first-order valence-electron chi connectivity index (χ1n) is 6.30. The van der Waals surface area contributed by atoms with Crippen molar-refractivity contribution < 1.29 is 0 Å². The molecule has 0 saturated carbocycles. The van der Waals surface area contributed by atoms with Crippen LogP contribution < -0.4 is 5.32 Å². The van der Waals surface area contributed by atoms with Gasteiger partial charge in [-0.1, -0.05) is 12.1 Å². The van der Waals surface area contributed by atoms with E-state index in [1.165, 1.54) is 0 Å². The Morgan fingerprint density at radius 2 is 2.20 bits per heavy atom. The fourth-order valence-corrected chi connectivity index (χ4v) is 1.99. The zero-order chi connectivity index (χ0) is 13.9. The van der Waals surface area contributed by atoms with E-state index in [1.807, 2.05) is 43.5 Å². The molecule has 0 aliphatic carbocycles. The van der Waals surface area contributed by atoms with E-state index in [1.54, 1.807) is 10.6 Å². The highest BCUT2D eigenvalue weighted by atomic mass is 15.3. The molecule has 0 atom stereocenters. The molecule has 2 aromatic heterocycles. The summed E-state index contributed by atoms with van der Waals surface area (Å²) in [4.78, 5) is 4.41. The minimum Gasteiger partial charge on any atom is -0.349 e. The summed E-state index contributed by atoms with van der Waals surface area (Å²) >= 11 is 0. The molecule has 5 nitrogen and oxygen atoms in total. The van der Waals surface area contributed by atoms with Crippen molar-refractivity contribution in [2.24, 2.45) is 0 Å². The predicted molar refractivity (Wildman–Crippen MR) is 76.2 cm³/mol. The minimum absolute atomic E-state index is 0.581. The monoisotopic (exact) mass is 263 g/mol. The Labute approximate surface area is 116 Å². The predicted octanol–water partition coefficient (Wildman–Crippen LogP) is 2.52. The summed E-state index contributed by atoms with van der Waals surface area (Å²) < 4.78 is 1.74. The van der Waals surface area contributed by atoms with E-state index >= 15 is 0 Å². The number of nitrogens with zero attached hydrogens (tertiary/aromatic N) is 4. The second-order valence-electron chi connectivity index (χ2n) is 4.61. The summed E-state index contributed by atoms with van der Waals surface area (Å²) in [5, 5.41) is 16.4. The smallest absolute Gasteiger partial charge is 0.243 e. The zero-order valence-corrected chi connectivity index (χ0v) is 11.0. The van der Waals surface area contributed by atoms with Crippen molar-refractivity contribution in [3.8, 4) is 6.07 Å². The lowest BCUT2D eigenvalue weighted by Crippen LogP contribution is -2.01. The highest BCUT2D eigenvalue weighted by molar-refractivity contribution is 5.45. The minimum atomic E-state index is 0.581. The quantitative estimate of drug-likeness (QED) is 0.788. The molecule has 0 radical (unpaired) electrons. The average Bonchev–Trinajstić information content (AvgIpc) is 2.87. The molecule has 0 aliphatic heterocycles. The molecule has 5 heteroatoms. The zero-order valence-electron chi connectivity index (χ0n) is 11.0. The number of pyridine rings is 1. The first-order chi connectivity index (χ1) is 9.74. The second-order valence-corrected chi connectivity index (χ2v) is 4.61. The van der Waals surface area contributed by atoms with Crippen molar-refractivity contribution in [2.45, 2.75) is 13.5 Å². The molecule has 1 N–H and O–H groups in total. The Morgan fingerprint density at radius 3 is 3.05 bits per heavy atom. The average molecular weight is 263 g/mol. The van der Waals surface area contributed by atoms with E-state index in [-0.39, 0.29) is 0 Å². The van der Waals surface area contributed by atoms with Gasteiger partial charge in [0.05, 0.1) is 11.6 Å². The van der Waals surface area contributed by atoms with E-state index in [9.17, 15) is 0 Å². The molecule has 1 aromatic carbocycles. The van der Waals surface area contributed by atoms with Gasteiger partial charge in [0.15, 0.2) is 5.65 Å². The van der Waals surface area contributed by atoms with Gasteiger partial charge in [0.2, 0.25) is 5.95 Å². The van der Waals surface area contributed by atoms with Gasteiger partial charge in [-0.3, -0.25) is 0 Å². The number of nitrogens with one attached hydrogen (secondary N) is 1. The van der Waals surface area contributed by atoms with Crippen molar-refractivity contribution in [3.63, 3.8) is 0 Å². The Hall–Kier alpha value is -2.87. The molecular formula is C15H13N5. The standard InChI is InChI=1S/C15H13N5/c1-11-5-6-20-14(7-11)18-15(19-20)17-10-13-4-2-3-12(8-13)9-16/h2-8H,10H2,1H3,(H,17,19). The van der Waals surface area contributed by atoms with Crippen molar-refractivity contribution in [3.05, 3.63) is 59.3 Å². The maximum Gasteiger partial charge on any atom is 0.243 e. The molecule has 2 heterocycles. The summed E-state index contributed by atoms with van der Waals surface area (Å²) in [6.07, 6.45) is 1.89. The summed E-state index contributed by atoms with van der Waals surface area (Å²) in [5.41, 5.74) is 3.65. The van der Waals surface area contributed by atoms with Crippen molar-refractivity contribution in [1.29, 1.82) is 5.26 Å². The number of anilines is 1. The highest BCUT2D eigenvalue weighted by Crippen LogP contribution is 2.10. The van der Waals surface area contributed by atoms with Crippen molar-refractivity contribution in [2.75, 3.05) is 5.32 Å². The molecule has 0 amide bonds. The third-order valence-electron chi connectivity index (χ3n) is 3.00. The number of rotatable bonds is 3. The Morgan fingerprint density at radius 1 is 1.30 bits per heavy atom. The van der Waals surface area contributed by atoms with E-state index in [2.05, 4.69) is 21.5 Å². The molecule has 98 valence electrons. The Bertz CT molecular complexity index is 797.